The molecule has 1 aliphatic heterocycles. The van der Waals surface area contributed by atoms with E-state index in [0.29, 0.717) is 18.7 Å². The van der Waals surface area contributed by atoms with Gasteiger partial charge in [-0.25, -0.2) is 9.97 Å². The Kier molecular flexibility index (Phi) is 3.36. The number of nitrogens with one attached hydrogen (secondary N) is 1. The predicted molar refractivity (Wildman–Crippen MR) is 78.0 cm³/mol. The number of hydrogen-bond acceptors (Lipinski definition) is 6. The van der Waals surface area contributed by atoms with Gasteiger partial charge in [0.2, 0.25) is 0 Å². The monoisotopic (exact) mass is 288 g/mol. The summed E-state index contributed by atoms with van der Waals surface area (Å²) < 4.78 is 0. The minimum absolute atomic E-state index is 0.469. The fourth-order valence-corrected chi connectivity index (χ4v) is 2.91. The first-order valence-electron chi connectivity index (χ1n) is 7.15. The van der Waals surface area contributed by atoms with Gasteiger partial charge in [-0.2, -0.15) is 15.4 Å². The average Bonchev–Trinajstić information content (AvgIpc) is 2.98. The van der Waals surface area contributed by atoms with E-state index in [0.717, 1.165) is 35.9 Å². The lowest BCUT2D eigenvalue weighted by atomic mass is 9.90. The molecule has 0 unspecified atom stereocenters. The minimum atomic E-state index is -0.982. The van der Waals surface area contributed by atoms with Gasteiger partial charge in [0.05, 0.1) is 12.7 Å². The van der Waals surface area contributed by atoms with E-state index in [1.807, 2.05) is 20.8 Å². The fraction of sp³-hybridized carbons (Fsp3) is 0.571. The largest absolute Gasteiger partial charge is 0.382 e. The van der Waals surface area contributed by atoms with E-state index in [1.165, 1.54) is 0 Å². The van der Waals surface area contributed by atoms with Crippen LogP contribution in [0.4, 0.5) is 5.82 Å². The molecular formula is C14H20N6O. The molecule has 0 amide bonds. The van der Waals surface area contributed by atoms with Gasteiger partial charge in [0.15, 0.2) is 0 Å². The Morgan fingerprint density at radius 3 is 2.81 bits per heavy atom. The highest BCUT2D eigenvalue weighted by atomic mass is 16.3. The summed E-state index contributed by atoms with van der Waals surface area (Å²) in [5.74, 6) is 1.66. The van der Waals surface area contributed by atoms with Gasteiger partial charge in [-0.1, -0.05) is 0 Å². The smallest absolute Gasteiger partial charge is 0.135 e. The van der Waals surface area contributed by atoms with Crippen molar-refractivity contribution in [1.82, 2.24) is 25.4 Å². The second-order valence-electron chi connectivity index (χ2n) is 5.72. The molecule has 2 aromatic heterocycles. The Morgan fingerprint density at radius 1 is 1.29 bits per heavy atom. The highest BCUT2D eigenvalue weighted by Gasteiger charge is 2.38. The molecule has 3 heterocycles. The first kappa shape index (κ1) is 13.9. The summed E-state index contributed by atoms with van der Waals surface area (Å²) >= 11 is 0. The van der Waals surface area contributed by atoms with Crippen LogP contribution in [0, 0.1) is 20.8 Å². The number of nitrogens with zero attached hydrogens (tertiary/aromatic N) is 5. The Bertz CT molecular complexity index is 641. The van der Waals surface area contributed by atoms with E-state index >= 15 is 0 Å². The Hall–Kier alpha value is -2.02. The number of piperidine rings is 1. The number of aryl methyl sites for hydroxylation is 2. The predicted octanol–water partition coefficient (Wildman–Crippen LogP) is 1.01. The number of β-amino-alcohol motifs (C(OH)–C–C–N with tert-alkyl or cyclic N) is 1. The molecule has 1 atom stereocenters. The number of rotatable bonds is 2. The zero-order chi connectivity index (χ0) is 15.0. The summed E-state index contributed by atoms with van der Waals surface area (Å²) in [6, 6.07) is 0. The first-order chi connectivity index (χ1) is 9.99. The molecule has 0 saturated carbocycles. The van der Waals surface area contributed by atoms with Crippen LogP contribution in [0.15, 0.2) is 6.20 Å². The van der Waals surface area contributed by atoms with Crippen LogP contribution in [0.1, 0.15) is 35.6 Å². The van der Waals surface area contributed by atoms with Crippen molar-refractivity contribution < 1.29 is 5.11 Å². The summed E-state index contributed by atoms with van der Waals surface area (Å²) in [6.07, 6.45) is 3.15. The topological polar surface area (TPSA) is 90.8 Å². The molecule has 0 bridgehead atoms. The van der Waals surface area contributed by atoms with Crippen LogP contribution in [-0.4, -0.2) is 43.6 Å². The number of aromatic amines is 1. The van der Waals surface area contributed by atoms with Crippen molar-refractivity contribution in [3.8, 4) is 0 Å². The highest BCUT2D eigenvalue weighted by molar-refractivity contribution is 5.49. The SMILES string of the molecule is Cc1nc(C)c(C)c(N2CCC[C@@](O)(c3cn[nH]n3)C2)n1. The van der Waals surface area contributed by atoms with Crippen molar-refractivity contribution in [2.45, 2.75) is 39.2 Å². The Morgan fingerprint density at radius 2 is 2.10 bits per heavy atom. The van der Waals surface area contributed by atoms with Crippen molar-refractivity contribution in [2.24, 2.45) is 0 Å². The standard InChI is InChI=1S/C14H20N6O/c1-9-10(2)16-11(3)17-13(9)20-6-4-5-14(21,8-20)12-7-15-19-18-12/h7,21H,4-6,8H2,1-3H3,(H,15,18,19)/t14-/m0/s1. The molecule has 0 radical (unpaired) electrons. The number of H-pyrrole nitrogens is 1. The number of aromatic nitrogens is 5. The number of aliphatic hydroxyl groups is 1. The van der Waals surface area contributed by atoms with Gasteiger partial charge in [-0.05, 0) is 33.6 Å². The van der Waals surface area contributed by atoms with Crippen LogP contribution in [-0.2, 0) is 5.60 Å². The minimum Gasteiger partial charge on any atom is -0.382 e. The van der Waals surface area contributed by atoms with Crippen LogP contribution >= 0.6 is 0 Å². The second kappa shape index (κ2) is 5.07. The average molecular weight is 288 g/mol. The van der Waals surface area contributed by atoms with Crippen LogP contribution < -0.4 is 4.90 Å². The van der Waals surface area contributed by atoms with Gasteiger partial charge in [0.25, 0.3) is 0 Å². The van der Waals surface area contributed by atoms with E-state index in [4.69, 9.17) is 0 Å². The van der Waals surface area contributed by atoms with Gasteiger partial charge < -0.3 is 10.0 Å². The summed E-state index contributed by atoms with van der Waals surface area (Å²) in [5.41, 5.74) is 1.65. The molecular weight excluding hydrogens is 268 g/mol. The van der Waals surface area contributed by atoms with Crippen molar-refractivity contribution in [1.29, 1.82) is 0 Å². The van der Waals surface area contributed by atoms with Crippen molar-refractivity contribution in [3.05, 3.63) is 29.0 Å². The highest BCUT2D eigenvalue weighted by Crippen LogP contribution is 2.33. The zero-order valence-corrected chi connectivity index (χ0v) is 12.6. The second-order valence-corrected chi connectivity index (χ2v) is 5.72. The number of hydrogen-bond donors (Lipinski definition) is 2. The first-order valence-corrected chi connectivity index (χ1v) is 7.15. The van der Waals surface area contributed by atoms with E-state index in [1.54, 1.807) is 6.20 Å². The Labute approximate surface area is 123 Å². The quantitative estimate of drug-likeness (QED) is 0.857. The molecule has 1 saturated heterocycles. The molecule has 0 aromatic carbocycles. The third kappa shape index (κ3) is 2.49. The maximum atomic E-state index is 10.9. The van der Waals surface area contributed by atoms with Crippen LogP contribution in [0.25, 0.3) is 0 Å². The van der Waals surface area contributed by atoms with E-state index in [2.05, 4.69) is 30.3 Å². The molecule has 21 heavy (non-hydrogen) atoms. The summed E-state index contributed by atoms with van der Waals surface area (Å²) in [4.78, 5) is 11.1. The van der Waals surface area contributed by atoms with E-state index in [9.17, 15) is 5.11 Å². The lowest BCUT2D eigenvalue weighted by Crippen LogP contribution is -2.47. The zero-order valence-electron chi connectivity index (χ0n) is 12.6. The van der Waals surface area contributed by atoms with Crippen molar-refractivity contribution >= 4 is 5.82 Å². The van der Waals surface area contributed by atoms with Gasteiger partial charge in [0.1, 0.15) is 22.9 Å². The maximum Gasteiger partial charge on any atom is 0.135 e. The Balaban J connectivity index is 1.94. The molecule has 3 rings (SSSR count). The third-order valence-electron chi connectivity index (χ3n) is 4.14. The van der Waals surface area contributed by atoms with Crippen molar-refractivity contribution in [3.63, 3.8) is 0 Å². The fourth-order valence-electron chi connectivity index (χ4n) is 2.91. The lowest BCUT2D eigenvalue weighted by molar-refractivity contribution is 0.0174. The van der Waals surface area contributed by atoms with Gasteiger partial charge in [-0.3, -0.25) is 0 Å². The molecule has 0 spiro atoms. The van der Waals surface area contributed by atoms with Crippen LogP contribution in [0.2, 0.25) is 0 Å². The molecule has 0 aliphatic carbocycles. The molecule has 1 fully saturated rings. The molecule has 112 valence electrons. The third-order valence-corrected chi connectivity index (χ3v) is 4.14. The normalized spacial score (nSPS) is 22.6. The van der Waals surface area contributed by atoms with Crippen LogP contribution in [0.3, 0.4) is 0 Å². The van der Waals surface area contributed by atoms with Gasteiger partial charge in [-0.15, -0.1) is 0 Å². The maximum absolute atomic E-state index is 10.9. The summed E-state index contributed by atoms with van der Waals surface area (Å²) in [5, 5.41) is 21.3. The van der Waals surface area contributed by atoms with Crippen molar-refractivity contribution in [2.75, 3.05) is 18.0 Å². The number of anilines is 1. The molecule has 7 heteroatoms. The van der Waals surface area contributed by atoms with Gasteiger partial charge >= 0.3 is 0 Å². The van der Waals surface area contributed by atoms with E-state index < -0.39 is 5.60 Å². The van der Waals surface area contributed by atoms with Gasteiger partial charge in [0, 0.05) is 17.8 Å². The molecule has 2 N–H and O–H groups in total. The lowest BCUT2D eigenvalue weighted by Gasteiger charge is -2.39. The van der Waals surface area contributed by atoms with E-state index in [-0.39, 0.29) is 0 Å². The molecule has 1 aliphatic rings. The van der Waals surface area contributed by atoms with Crippen LogP contribution in [0.5, 0.6) is 0 Å². The molecule has 2 aromatic rings. The summed E-state index contributed by atoms with van der Waals surface area (Å²) in [6.45, 7) is 7.24. The molecule has 7 nitrogen and oxygen atoms in total. The summed E-state index contributed by atoms with van der Waals surface area (Å²) in [7, 11) is 0.